The first-order valence-corrected chi connectivity index (χ1v) is 5.55. The molecule has 0 unspecified atom stereocenters. The van der Waals surface area contributed by atoms with E-state index >= 15 is 0 Å². The molecule has 1 saturated carbocycles. The van der Waals surface area contributed by atoms with Gasteiger partial charge in [0.2, 0.25) is 0 Å². The third-order valence-electron chi connectivity index (χ3n) is 2.69. The first-order chi connectivity index (χ1) is 6.59. The maximum atomic E-state index is 12.9. The Morgan fingerprint density at radius 2 is 2.14 bits per heavy atom. The van der Waals surface area contributed by atoms with Crippen molar-refractivity contribution in [1.82, 2.24) is 0 Å². The minimum absolute atomic E-state index is 0.217. The number of hydrogen-bond acceptors (Lipinski definition) is 1. The average molecular weight is 259 g/mol. The van der Waals surface area contributed by atoms with E-state index in [1.165, 1.54) is 12.1 Å². The van der Waals surface area contributed by atoms with E-state index in [1.54, 1.807) is 6.07 Å². The molecular formula is C11H12BrFO. The molecule has 0 aliphatic heterocycles. The summed E-state index contributed by atoms with van der Waals surface area (Å²) in [6.07, 6.45) is 3.24. The lowest BCUT2D eigenvalue weighted by atomic mass is 10.1. The van der Waals surface area contributed by atoms with Gasteiger partial charge in [0.05, 0.1) is 5.60 Å². The Kier molecular flexibility index (Phi) is 2.62. The van der Waals surface area contributed by atoms with Crippen LogP contribution >= 0.6 is 15.9 Å². The molecule has 1 aromatic carbocycles. The lowest BCUT2D eigenvalue weighted by Gasteiger charge is -2.08. The molecule has 0 atom stereocenters. The highest BCUT2D eigenvalue weighted by atomic mass is 79.9. The average Bonchev–Trinajstić information content (AvgIpc) is 2.87. The molecule has 1 N–H and O–H groups in total. The van der Waals surface area contributed by atoms with Crippen LogP contribution in [0.15, 0.2) is 22.7 Å². The van der Waals surface area contributed by atoms with Gasteiger partial charge in [-0.3, -0.25) is 0 Å². The van der Waals surface area contributed by atoms with Crippen molar-refractivity contribution in [3.8, 4) is 0 Å². The van der Waals surface area contributed by atoms with Gasteiger partial charge in [-0.15, -0.1) is 0 Å². The molecule has 76 valence electrons. The molecular weight excluding hydrogens is 247 g/mol. The van der Waals surface area contributed by atoms with Crippen molar-refractivity contribution < 1.29 is 9.50 Å². The molecule has 0 heterocycles. The largest absolute Gasteiger partial charge is 0.390 e. The van der Waals surface area contributed by atoms with Gasteiger partial charge in [0.15, 0.2) is 0 Å². The summed E-state index contributed by atoms with van der Waals surface area (Å²) in [6, 6.07) is 4.66. The Hall–Kier alpha value is -0.410. The van der Waals surface area contributed by atoms with Crippen LogP contribution in [0.3, 0.4) is 0 Å². The van der Waals surface area contributed by atoms with Crippen LogP contribution in [0.2, 0.25) is 0 Å². The molecule has 0 amide bonds. The van der Waals surface area contributed by atoms with Crippen molar-refractivity contribution in [1.29, 1.82) is 0 Å². The van der Waals surface area contributed by atoms with Crippen molar-refractivity contribution in [2.24, 2.45) is 0 Å². The van der Waals surface area contributed by atoms with Crippen LogP contribution in [0.4, 0.5) is 4.39 Å². The monoisotopic (exact) mass is 258 g/mol. The quantitative estimate of drug-likeness (QED) is 0.884. The van der Waals surface area contributed by atoms with Crippen LogP contribution in [-0.4, -0.2) is 10.7 Å². The highest BCUT2D eigenvalue weighted by Gasteiger charge is 2.39. The van der Waals surface area contributed by atoms with E-state index in [0.717, 1.165) is 35.7 Å². The predicted octanol–water partition coefficient (Wildman–Crippen LogP) is 3.05. The predicted molar refractivity (Wildman–Crippen MR) is 56.6 cm³/mol. The SMILES string of the molecule is OC1(CCc2cc(F)ccc2Br)CC1. The Morgan fingerprint density at radius 3 is 2.79 bits per heavy atom. The highest BCUT2D eigenvalue weighted by Crippen LogP contribution is 2.39. The van der Waals surface area contributed by atoms with Gasteiger partial charge in [-0.25, -0.2) is 4.39 Å². The standard InChI is InChI=1S/C11H12BrFO/c12-10-2-1-9(13)7-8(10)3-4-11(14)5-6-11/h1-2,7,14H,3-6H2. The zero-order chi connectivity index (χ0) is 10.2. The van der Waals surface area contributed by atoms with E-state index in [0.29, 0.717) is 0 Å². The molecule has 3 heteroatoms. The summed E-state index contributed by atoms with van der Waals surface area (Å²) in [7, 11) is 0. The van der Waals surface area contributed by atoms with Gasteiger partial charge < -0.3 is 5.11 Å². The minimum atomic E-state index is -0.453. The summed E-state index contributed by atoms with van der Waals surface area (Å²) in [6.45, 7) is 0. The first-order valence-electron chi connectivity index (χ1n) is 4.75. The number of aliphatic hydroxyl groups is 1. The first kappa shape index (κ1) is 10.1. The topological polar surface area (TPSA) is 20.2 Å². The van der Waals surface area contributed by atoms with Crippen molar-refractivity contribution in [3.63, 3.8) is 0 Å². The molecule has 1 nitrogen and oxygen atoms in total. The molecule has 1 aromatic rings. The van der Waals surface area contributed by atoms with E-state index in [4.69, 9.17) is 0 Å². The van der Waals surface area contributed by atoms with Gasteiger partial charge in [-0.1, -0.05) is 15.9 Å². The molecule has 0 radical (unpaired) electrons. The molecule has 14 heavy (non-hydrogen) atoms. The van der Waals surface area contributed by atoms with E-state index in [2.05, 4.69) is 15.9 Å². The number of halogens is 2. The summed E-state index contributed by atoms with van der Waals surface area (Å²) in [5.74, 6) is -0.217. The smallest absolute Gasteiger partial charge is 0.123 e. The maximum absolute atomic E-state index is 12.9. The lowest BCUT2D eigenvalue weighted by Crippen LogP contribution is -2.08. The normalized spacial score (nSPS) is 18.2. The van der Waals surface area contributed by atoms with Crippen LogP contribution in [0.1, 0.15) is 24.8 Å². The molecule has 0 spiro atoms. The van der Waals surface area contributed by atoms with E-state index in [1.807, 2.05) is 0 Å². The molecule has 0 aromatic heterocycles. The summed E-state index contributed by atoms with van der Waals surface area (Å²) in [4.78, 5) is 0. The molecule has 0 saturated heterocycles. The number of hydrogen-bond donors (Lipinski definition) is 1. The Labute approximate surface area is 91.1 Å². The molecule has 2 rings (SSSR count). The molecule has 1 aliphatic carbocycles. The highest BCUT2D eigenvalue weighted by molar-refractivity contribution is 9.10. The van der Waals surface area contributed by atoms with Gasteiger partial charge in [-0.2, -0.15) is 0 Å². The van der Waals surface area contributed by atoms with Crippen LogP contribution in [0, 0.1) is 5.82 Å². The van der Waals surface area contributed by atoms with Crippen LogP contribution in [0.25, 0.3) is 0 Å². The van der Waals surface area contributed by atoms with Crippen molar-refractivity contribution in [3.05, 3.63) is 34.1 Å². The molecule has 0 bridgehead atoms. The fourth-order valence-electron chi connectivity index (χ4n) is 1.50. The third kappa shape index (κ3) is 2.34. The molecule has 1 fully saturated rings. The summed E-state index contributed by atoms with van der Waals surface area (Å²) in [5.41, 5.74) is 0.483. The van der Waals surface area contributed by atoms with Gasteiger partial charge in [0.1, 0.15) is 5.82 Å². The third-order valence-corrected chi connectivity index (χ3v) is 3.47. The van der Waals surface area contributed by atoms with Gasteiger partial charge in [0, 0.05) is 4.47 Å². The van der Waals surface area contributed by atoms with Crippen LogP contribution in [0.5, 0.6) is 0 Å². The van der Waals surface area contributed by atoms with Gasteiger partial charge in [0.25, 0.3) is 0 Å². The van der Waals surface area contributed by atoms with Crippen molar-refractivity contribution in [2.75, 3.05) is 0 Å². The maximum Gasteiger partial charge on any atom is 0.123 e. The van der Waals surface area contributed by atoms with E-state index in [9.17, 15) is 9.50 Å². The fourth-order valence-corrected chi connectivity index (χ4v) is 1.94. The molecule has 1 aliphatic rings. The number of benzene rings is 1. The summed E-state index contributed by atoms with van der Waals surface area (Å²) in [5, 5.41) is 9.64. The zero-order valence-electron chi connectivity index (χ0n) is 7.76. The Bertz CT molecular complexity index is 347. The Morgan fingerprint density at radius 1 is 1.43 bits per heavy atom. The summed E-state index contributed by atoms with van der Waals surface area (Å²) >= 11 is 3.37. The second-order valence-corrected chi connectivity index (χ2v) is 4.81. The Balaban J connectivity index is 2.04. The van der Waals surface area contributed by atoms with Gasteiger partial charge in [-0.05, 0) is 49.4 Å². The number of rotatable bonds is 3. The van der Waals surface area contributed by atoms with E-state index in [-0.39, 0.29) is 5.82 Å². The van der Waals surface area contributed by atoms with Crippen LogP contribution < -0.4 is 0 Å². The number of aryl methyl sites for hydroxylation is 1. The van der Waals surface area contributed by atoms with E-state index < -0.39 is 5.60 Å². The van der Waals surface area contributed by atoms with Crippen molar-refractivity contribution in [2.45, 2.75) is 31.3 Å². The second kappa shape index (κ2) is 3.63. The van der Waals surface area contributed by atoms with Crippen LogP contribution in [-0.2, 0) is 6.42 Å². The van der Waals surface area contributed by atoms with Gasteiger partial charge >= 0.3 is 0 Å². The zero-order valence-corrected chi connectivity index (χ0v) is 9.35. The summed E-state index contributed by atoms with van der Waals surface area (Å²) < 4.78 is 13.8. The lowest BCUT2D eigenvalue weighted by molar-refractivity contribution is 0.140. The minimum Gasteiger partial charge on any atom is -0.390 e. The fraction of sp³-hybridized carbons (Fsp3) is 0.455. The second-order valence-electron chi connectivity index (χ2n) is 3.96. The van der Waals surface area contributed by atoms with Crippen molar-refractivity contribution >= 4 is 15.9 Å².